The van der Waals surface area contributed by atoms with Gasteiger partial charge in [-0.3, -0.25) is 5.32 Å². The summed E-state index contributed by atoms with van der Waals surface area (Å²) in [5, 5.41) is 10.8. The van der Waals surface area contributed by atoms with Crippen LogP contribution in [0.1, 0.15) is 28.8 Å². The molecule has 2 N–H and O–H groups in total. The van der Waals surface area contributed by atoms with Gasteiger partial charge in [0.2, 0.25) is 0 Å². The number of amides is 2. The highest BCUT2D eigenvalue weighted by atomic mass is 19.2. The van der Waals surface area contributed by atoms with Crippen molar-refractivity contribution in [2.45, 2.75) is 38.1 Å². The first kappa shape index (κ1) is 22.8. The number of nitrogens with zero attached hydrogens (tertiary/aromatic N) is 2. The van der Waals surface area contributed by atoms with Gasteiger partial charge in [-0.2, -0.15) is 5.10 Å². The fourth-order valence-corrected chi connectivity index (χ4v) is 4.63. The number of carbonyl (C=O) groups is 1. The van der Waals surface area contributed by atoms with Gasteiger partial charge in [-0.1, -0.05) is 54.6 Å². The highest BCUT2D eigenvalue weighted by molar-refractivity contribution is 5.90. The van der Waals surface area contributed by atoms with E-state index in [0.29, 0.717) is 24.2 Å². The van der Waals surface area contributed by atoms with Crippen LogP contribution in [0.2, 0.25) is 0 Å². The van der Waals surface area contributed by atoms with E-state index in [4.69, 9.17) is 5.10 Å². The molecule has 4 aromatic rings. The Kier molecular flexibility index (Phi) is 6.57. The lowest BCUT2D eigenvalue weighted by Crippen LogP contribution is -2.41. The average Bonchev–Trinajstić information content (AvgIpc) is 3.45. The van der Waals surface area contributed by atoms with Gasteiger partial charge in [-0.05, 0) is 67.5 Å². The maximum atomic E-state index is 13.8. The number of carbonyl (C=O) groups excluding carboxylic acids is 1. The SMILES string of the molecule is O=C(Nc1c2c(nn1-c1ccccc1)CCC2)NC(Cc1ccccc1)Cc1ccc(F)c(F)c1. The first-order valence-corrected chi connectivity index (χ1v) is 11.8. The van der Waals surface area contributed by atoms with Crippen molar-refractivity contribution in [3.05, 3.63) is 113 Å². The number of nitrogens with one attached hydrogen (secondary N) is 2. The van der Waals surface area contributed by atoms with Crippen molar-refractivity contribution in [2.24, 2.45) is 0 Å². The Morgan fingerprint density at radius 3 is 2.34 bits per heavy atom. The molecule has 0 radical (unpaired) electrons. The molecule has 0 aliphatic heterocycles. The topological polar surface area (TPSA) is 59.0 Å². The molecule has 0 fully saturated rings. The van der Waals surface area contributed by atoms with Gasteiger partial charge in [0, 0.05) is 11.6 Å². The van der Waals surface area contributed by atoms with Crippen LogP contribution >= 0.6 is 0 Å². The molecule has 1 aliphatic rings. The Bertz CT molecular complexity index is 1320. The van der Waals surface area contributed by atoms with Crippen LogP contribution in [0.25, 0.3) is 5.69 Å². The number of benzene rings is 3. The zero-order valence-corrected chi connectivity index (χ0v) is 19.2. The van der Waals surface area contributed by atoms with E-state index < -0.39 is 11.6 Å². The number of hydrogen-bond donors (Lipinski definition) is 2. The second kappa shape index (κ2) is 10.1. The van der Waals surface area contributed by atoms with E-state index in [1.54, 1.807) is 10.7 Å². The van der Waals surface area contributed by atoms with E-state index in [2.05, 4.69) is 10.6 Å². The number of urea groups is 1. The van der Waals surface area contributed by atoms with Crippen LogP contribution in [-0.4, -0.2) is 21.9 Å². The molecule has 0 bridgehead atoms. The Morgan fingerprint density at radius 2 is 1.60 bits per heavy atom. The average molecular weight is 473 g/mol. The first-order valence-electron chi connectivity index (χ1n) is 11.8. The molecule has 2 amide bonds. The van der Waals surface area contributed by atoms with Crippen LogP contribution in [0.15, 0.2) is 78.9 Å². The minimum absolute atomic E-state index is 0.330. The number of anilines is 1. The van der Waals surface area contributed by atoms with Gasteiger partial charge in [-0.25, -0.2) is 18.3 Å². The predicted molar refractivity (Wildman–Crippen MR) is 132 cm³/mol. The summed E-state index contributed by atoms with van der Waals surface area (Å²) in [6, 6.07) is 22.6. The maximum Gasteiger partial charge on any atom is 0.320 e. The van der Waals surface area contributed by atoms with Crippen molar-refractivity contribution in [3.63, 3.8) is 0 Å². The third-order valence-corrected chi connectivity index (χ3v) is 6.27. The van der Waals surface area contributed by atoms with Crippen molar-refractivity contribution in [2.75, 3.05) is 5.32 Å². The van der Waals surface area contributed by atoms with Crippen molar-refractivity contribution in [1.82, 2.24) is 15.1 Å². The Balaban J connectivity index is 1.38. The summed E-state index contributed by atoms with van der Waals surface area (Å²) >= 11 is 0. The Labute approximate surface area is 202 Å². The summed E-state index contributed by atoms with van der Waals surface area (Å²) in [5.41, 5.74) is 4.59. The summed E-state index contributed by atoms with van der Waals surface area (Å²) in [5.74, 6) is -1.11. The third-order valence-electron chi connectivity index (χ3n) is 6.27. The second-order valence-corrected chi connectivity index (χ2v) is 8.81. The Morgan fingerprint density at radius 1 is 0.886 bits per heavy atom. The highest BCUT2D eigenvalue weighted by Gasteiger charge is 2.25. The third kappa shape index (κ3) is 5.24. The fraction of sp³-hybridized carbons (Fsp3) is 0.214. The molecule has 1 unspecified atom stereocenters. The van der Waals surface area contributed by atoms with Gasteiger partial charge in [0.15, 0.2) is 11.6 Å². The molecule has 7 heteroatoms. The van der Waals surface area contributed by atoms with Gasteiger partial charge in [-0.15, -0.1) is 0 Å². The summed E-state index contributed by atoms with van der Waals surface area (Å²) < 4.78 is 29.0. The van der Waals surface area contributed by atoms with E-state index in [0.717, 1.165) is 47.8 Å². The number of aromatic nitrogens is 2. The Hall–Kier alpha value is -4.00. The molecule has 3 aromatic carbocycles. The summed E-state index contributed by atoms with van der Waals surface area (Å²) in [7, 11) is 0. The fourth-order valence-electron chi connectivity index (χ4n) is 4.63. The van der Waals surface area contributed by atoms with Crippen LogP contribution in [-0.2, 0) is 25.7 Å². The minimum Gasteiger partial charge on any atom is -0.334 e. The molecule has 0 saturated carbocycles. The van der Waals surface area contributed by atoms with E-state index >= 15 is 0 Å². The molecule has 5 nitrogen and oxygen atoms in total. The van der Waals surface area contributed by atoms with Crippen molar-refractivity contribution in [1.29, 1.82) is 0 Å². The number of aryl methyl sites for hydroxylation is 1. The molecule has 178 valence electrons. The summed E-state index contributed by atoms with van der Waals surface area (Å²) in [6.45, 7) is 0. The molecule has 0 spiro atoms. The molecule has 5 rings (SSSR count). The lowest BCUT2D eigenvalue weighted by atomic mass is 9.99. The summed E-state index contributed by atoms with van der Waals surface area (Å²) in [6.07, 6.45) is 3.66. The minimum atomic E-state index is -0.896. The molecule has 0 saturated heterocycles. The van der Waals surface area contributed by atoms with Gasteiger partial charge in [0.05, 0.1) is 11.4 Å². The van der Waals surface area contributed by atoms with Gasteiger partial charge in [0.25, 0.3) is 0 Å². The lowest BCUT2D eigenvalue weighted by molar-refractivity contribution is 0.248. The maximum absolute atomic E-state index is 13.8. The second-order valence-electron chi connectivity index (χ2n) is 8.81. The number of rotatable bonds is 7. The van der Waals surface area contributed by atoms with Crippen molar-refractivity contribution in [3.8, 4) is 5.69 Å². The van der Waals surface area contributed by atoms with Crippen LogP contribution in [0.5, 0.6) is 0 Å². The molecule has 1 atom stereocenters. The molecular weight excluding hydrogens is 446 g/mol. The molecule has 35 heavy (non-hydrogen) atoms. The van der Waals surface area contributed by atoms with E-state index in [-0.39, 0.29) is 12.1 Å². The van der Waals surface area contributed by atoms with E-state index in [1.165, 1.54) is 6.07 Å². The smallest absolute Gasteiger partial charge is 0.320 e. The largest absolute Gasteiger partial charge is 0.334 e. The zero-order chi connectivity index (χ0) is 24.2. The quantitative estimate of drug-likeness (QED) is 0.367. The normalized spacial score (nSPS) is 13.3. The summed E-state index contributed by atoms with van der Waals surface area (Å²) in [4.78, 5) is 13.2. The van der Waals surface area contributed by atoms with Crippen molar-refractivity contribution < 1.29 is 13.6 Å². The number of halogens is 2. The molecular formula is C28H26F2N4O. The predicted octanol–water partition coefficient (Wildman–Crippen LogP) is 5.61. The molecule has 1 aromatic heterocycles. The highest BCUT2D eigenvalue weighted by Crippen LogP contribution is 2.31. The van der Waals surface area contributed by atoms with Crippen LogP contribution in [0, 0.1) is 11.6 Å². The standard InChI is InChI=1S/C28H26F2N4O/c29-24-15-14-20(18-25(24)30)17-21(16-19-8-3-1-4-9-19)31-28(35)32-27-23-12-7-13-26(23)33-34(27)22-10-5-2-6-11-22/h1-6,8-11,14-15,18,21H,7,12-13,16-17H2,(H2,31,32,35). The number of para-hydroxylation sites is 1. The van der Waals surface area contributed by atoms with Crippen LogP contribution in [0.3, 0.4) is 0 Å². The van der Waals surface area contributed by atoms with Gasteiger partial charge >= 0.3 is 6.03 Å². The molecule has 1 heterocycles. The zero-order valence-electron chi connectivity index (χ0n) is 19.2. The van der Waals surface area contributed by atoms with Crippen LogP contribution in [0.4, 0.5) is 19.4 Å². The molecule has 1 aliphatic carbocycles. The van der Waals surface area contributed by atoms with Gasteiger partial charge in [0.1, 0.15) is 5.82 Å². The lowest BCUT2D eigenvalue weighted by Gasteiger charge is -2.20. The monoisotopic (exact) mass is 472 g/mol. The van der Waals surface area contributed by atoms with E-state index in [9.17, 15) is 13.6 Å². The van der Waals surface area contributed by atoms with Crippen LogP contribution < -0.4 is 10.6 Å². The van der Waals surface area contributed by atoms with Gasteiger partial charge < -0.3 is 5.32 Å². The van der Waals surface area contributed by atoms with E-state index in [1.807, 2.05) is 60.7 Å². The number of hydrogen-bond acceptors (Lipinski definition) is 2. The number of fused-ring (bicyclic) bond motifs is 1. The first-order chi connectivity index (χ1) is 17.1. The van der Waals surface area contributed by atoms with Crippen molar-refractivity contribution >= 4 is 11.8 Å².